The van der Waals surface area contributed by atoms with E-state index in [1.807, 2.05) is 6.92 Å². The van der Waals surface area contributed by atoms with Crippen molar-refractivity contribution in [2.45, 2.75) is 25.2 Å². The SMILES string of the molecule is COc1cc2c(cc1OC)N(S(=O)(=O)c1ccc(C)cc1)CCc1sc(NC(C)=O)c(C#N)c1-2. The van der Waals surface area contributed by atoms with E-state index >= 15 is 0 Å². The van der Waals surface area contributed by atoms with Gasteiger partial charge in [0.25, 0.3) is 10.0 Å². The van der Waals surface area contributed by atoms with E-state index in [1.54, 1.807) is 36.4 Å². The number of sulfonamides is 1. The number of thiophene rings is 1. The topological polar surface area (TPSA) is 109 Å². The normalized spacial score (nSPS) is 12.7. The fraction of sp³-hybridized carbons (Fsp3) is 0.250. The van der Waals surface area contributed by atoms with Gasteiger partial charge in [-0.05, 0) is 25.1 Å². The van der Waals surface area contributed by atoms with Crippen LogP contribution in [0.2, 0.25) is 0 Å². The van der Waals surface area contributed by atoms with Crippen molar-refractivity contribution in [1.82, 2.24) is 0 Å². The lowest BCUT2D eigenvalue weighted by molar-refractivity contribution is -0.114. The quantitative estimate of drug-likeness (QED) is 0.562. The highest BCUT2D eigenvalue weighted by Gasteiger charge is 2.34. The van der Waals surface area contributed by atoms with E-state index in [1.165, 1.54) is 36.8 Å². The maximum atomic E-state index is 13.7. The summed E-state index contributed by atoms with van der Waals surface area (Å²) in [6, 6.07) is 12.2. The molecule has 1 aromatic heterocycles. The molecule has 1 aliphatic rings. The van der Waals surface area contributed by atoms with Crippen LogP contribution < -0.4 is 19.1 Å². The molecular weight excluding hydrogens is 474 g/mol. The van der Waals surface area contributed by atoms with Gasteiger partial charge in [0, 0.05) is 42.0 Å². The van der Waals surface area contributed by atoms with Crippen LogP contribution in [0.3, 0.4) is 0 Å². The molecule has 1 N–H and O–H groups in total. The summed E-state index contributed by atoms with van der Waals surface area (Å²) in [4.78, 5) is 12.7. The first-order valence-electron chi connectivity index (χ1n) is 10.4. The average molecular weight is 498 g/mol. The molecule has 8 nitrogen and oxygen atoms in total. The molecule has 0 atom stereocenters. The Bertz CT molecular complexity index is 1420. The fourth-order valence-corrected chi connectivity index (χ4v) is 6.65. The van der Waals surface area contributed by atoms with E-state index in [0.717, 1.165) is 10.4 Å². The Morgan fingerprint density at radius 2 is 1.79 bits per heavy atom. The minimum Gasteiger partial charge on any atom is -0.493 e. The molecule has 176 valence electrons. The number of nitrogens with one attached hydrogen (secondary N) is 1. The molecule has 4 rings (SSSR count). The van der Waals surface area contributed by atoms with Gasteiger partial charge in [0.05, 0.1) is 30.4 Å². The largest absolute Gasteiger partial charge is 0.493 e. The number of nitriles is 1. The molecule has 34 heavy (non-hydrogen) atoms. The molecular formula is C24H23N3O5S2. The first kappa shape index (κ1) is 23.6. The summed E-state index contributed by atoms with van der Waals surface area (Å²) in [6.45, 7) is 3.42. The highest BCUT2D eigenvalue weighted by Crippen LogP contribution is 2.50. The van der Waals surface area contributed by atoms with Gasteiger partial charge >= 0.3 is 0 Å². The van der Waals surface area contributed by atoms with Gasteiger partial charge < -0.3 is 14.8 Å². The van der Waals surface area contributed by atoms with Crippen molar-refractivity contribution >= 4 is 38.0 Å². The summed E-state index contributed by atoms with van der Waals surface area (Å²) in [5.41, 5.74) is 2.73. The molecule has 10 heteroatoms. The number of nitrogens with zero attached hydrogens (tertiary/aromatic N) is 2. The van der Waals surface area contributed by atoms with Gasteiger partial charge in [-0.25, -0.2) is 8.42 Å². The Morgan fingerprint density at radius 1 is 1.15 bits per heavy atom. The van der Waals surface area contributed by atoms with E-state index in [2.05, 4.69) is 11.4 Å². The molecule has 0 spiro atoms. The third-order valence-electron chi connectivity index (χ3n) is 5.57. The van der Waals surface area contributed by atoms with Gasteiger partial charge in [-0.3, -0.25) is 9.10 Å². The van der Waals surface area contributed by atoms with E-state index in [-0.39, 0.29) is 17.3 Å². The van der Waals surface area contributed by atoms with Crippen molar-refractivity contribution in [1.29, 1.82) is 5.26 Å². The molecule has 2 aromatic carbocycles. The lowest BCUT2D eigenvalue weighted by atomic mass is 9.99. The van der Waals surface area contributed by atoms with E-state index < -0.39 is 10.0 Å². The summed E-state index contributed by atoms with van der Waals surface area (Å²) in [6.07, 6.45) is 0.360. The standard InChI is InChI=1S/C24H23N3O5S2/c1-14-5-7-16(8-6-14)34(29,30)27-10-9-22-23(18(13-25)24(33-22)26-15(2)28)17-11-20(31-3)21(32-4)12-19(17)27/h5-8,11-12H,9-10H2,1-4H3,(H,26,28). The van der Waals surface area contributed by atoms with Gasteiger partial charge in [0.2, 0.25) is 5.91 Å². The Morgan fingerprint density at radius 3 is 2.38 bits per heavy atom. The number of anilines is 2. The van der Waals surface area contributed by atoms with E-state index in [0.29, 0.717) is 45.3 Å². The lowest BCUT2D eigenvalue weighted by Gasteiger charge is -2.26. The number of amides is 1. The maximum Gasteiger partial charge on any atom is 0.264 e. The van der Waals surface area contributed by atoms with Crippen molar-refractivity contribution in [3.05, 3.63) is 52.4 Å². The van der Waals surface area contributed by atoms with Crippen molar-refractivity contribution in [3.63, 3.8) is 0 Å². The average Bonchev–Trinajstić information content (AvgIpc) is 3.06. The Kier molecular flexibility index (Phi) is 6.25. The van der Waals surface area contributed by atoms with Crippen molar-refractivity contribution < 1.29 is 22.7 Å². The second-order valence-electron chi connectivity index (χ2n) is 7.76. The zero-order valence-corrected chi connectivity index (χ0v) is 20.8. The number of carbonyl (C=O) groups excluding carboxylic acids is 1. The lowest BCUT2D eigenvalue weighted by Crippen LogP contribution is -2.32. The predicted octanol–water partition coefficient (Wildman–Crippen LogP) is 4.32. The van der Waals surface area contributed by atoms with Crippen LogP contribution in [0.25, 0.3) is 11.1 Å². The van der Waals surface area contributed by atoms with Crippen molar-refractivity contribution in [2.75, 3.05) is 30.4 Å². The molecule has 1 aliphatic heterocycles. The number of ether oxygens (including phenoxy) is 2. The van der Waals surface area contributed by atoms with Gasteiger partial charge in [0.15, 0.2) is 11.5 Å². The minimum atomic E-state index is -3.92. The number of hydrogen-bond donors (Lipinski definition) is 1. The van der Waals surface area contributed by atoms with Crippen molar-refractivity contribution in [3.8, 4) is 28.7 Å². The van der Waals surface area contributed by atoms with Crippen LogP contribution in [0.1, 0.15) is 22.9 Å². The zero-order chi connectivity index (χ0) is 24.6. The number of fused-ring (bicyclic) bond motifs is 3. The van der Waals surface area contributed by atoms with Crippen molar-refractivity contribution in [2.24, 2.45) is 0 Å². The highest BCUT2D eigenvalue weighted by atomic mass is 32.2. The Hall–Kier alpha value is -3.55. The van der Waals surface area contributed by atoms with Crippen LogP contribution in [0.15, 0.2) is 41.3 Å². The molecule has 1 amide bonds. The summed E-state index contributed by atoms with van der Waals surface area (Å²) in [5, 5.41) is 13.1. The molecule has 0 fully saturated rings. The third-order valence-corrected chi connectivity index (χ3v) is 8.57. The molecule has 0 saturated carbocycles. The third kappa shape index (κ3) is 3.97. The van der Waals surface area contributed by atoms with Gasteiger partial charge in [-0.2, -0.15) is 5.26 Å². The summed E-state index contributed by atoms with van der Waals surface area (Å²) < 4.78 is 39.8. The first-order chi connectivity index (χ1) is 16.2. The fourth-order valence-electron chi connectivity index (χ4n) is 3.98. The molecule has 0 radical (unpaired) electrons. The van der Waals surface area contributed by atoms with Crippen LogP contribution in [-0.2, 0) is 21.2 Å². The summed E-state index contributed by atoms with van der Waals surface area (Å²) in [5.74, 6) is 0.478. The van der Waals surface area contributed by atoms with E-state index in [4.69, 9.17) is 9.47 Å². The molecule has 0 saturated heterocycles. The van der Waals surface area contributed by atoms with Gasteiger partial charge in [-0.15, -0.1) is 11.3 Å². The predicted molar refractivity (Wildman–Crippen MR) is 131 cm³/mol. The molecule has 0 unspecified atom stereocenters. The van der Waals surface area contributed by atoms with Crippen LogP contribution in [0, 0.1) is 18.3 Å². The van der Waals surface area contributed by atoms with Gasteiger partial charge in [0.1, 0.15) is 11.1 Å². The second kappa shape index (κ2) is 9.00. The number of hydrogen-bond acceptors (Lipinski definition) is 7. The summed E-state index contributed by atoms with van der Waals surface area (Å²) in [7, 11) is -0.948. The second-order valence-corrected chi connectivity index (χ2v) is 10.7. The molecule has 0 bridgehead atoms. The highest BCUT2D eigenvalue weighted by molar-refractivity contribution is 7.92. The monoisotopic (exact) mass is 497 g/mol. The van der Waals surface area contributed by atoms with Gasteiger partial charge in [-0.1, -0.05) is 17.7 Å². The number of aryl methyl sites for hydroxylation is 1. The minimum absolute atomic E-state index is 0.149. The zero-order valence-electron chi connectivity index (χ0n) is 19.1. The van der Waals surface area contributed by atoms with Crippen LogP contribution in [0.4, 0.5) is 10.7 Å². The molecule has 0 aliphatic carbocycles. The molecule has 2 heterocycles. The number of rotatable bonds is 5. The smallest absolute Gasteiger partial charge is 0.264 e. The van der Waals surface area contributed by atoms with Crippen LogP contribution in [-0.4, -0.2) is 35.1 Å². The van der Waals surface area contributed by atoms with Crippen LogP contribution >= 0.6 is 11.3 Å². The Balaban J connectivity index is 2.00. The number of methoxy groups -OCH3 is 2. The Labute approximate surface area is 202 Å². The van der Waals surface area contributed by atoms with Crippen LogP contribution in [0.5, 0.6) is 11.5 Å². The van der Waals surface area contributed by atoms with E-state index in [9.17, 15) is 18.5 Å². The summed E-state index contributed by atoms with van der Waals surface area (Å²) >= 11 is 1.28. The maximum absolute atomic E-state index is 13.7. The molecule has 3 aromatic rings. The number of benzene rings is 2. The number of carbonyl (C=O) groups is 1. The first-order valence-corrected chi connectivity index (χ1v) is 12.7.